The zero-order valence-electron chi connectivity index (χ0n) is 11.6. The first-order valence-electron chi connectivity index (χ1n) is 6.25. The topological polar surface area (TPSA) is 155 Å². The van der Waals surface area contributed by atoms with E-state index in [1.165, 1.54) is 18.3 Å². The number of aromatic nitrogens is 4. The molecule has 0 radical (unpaired) electrons. The molecule has 10 nitrogen and oxygen atoms in total. The fourth-order valence-electron chi connectivity index (χ4n) is 1.77. The third-order valence-corrected chi connectivity index (χ3v) is 3.79. The summed E-state index contributed by atoms with van der Waals surface area (Å²) in [5.41, 5.74) is 6.17. The van der Waals surface area contributed by atoms with Crippen LogP contribution in [0.15, 0.2) is 50.8 Å². The summed E-state index contributed by atoms with van der Waals surface area (Å²) < 4.78 is 28.0. The molecule has 1 aromatic carbocycles. The number of furan rings is 1. The summed E-state index contributed by atoms with van der Waals surface area (Å²) in [5, 5.41) is 19.4. The Morgan fingerprint density at radius 2 is 1.91 bits per heavy atom. The van der Waals surface area contributed by atoms with Gasteiger partial charge in [0.05, 0.1) is 11.1 Å². The van der Waals surface area contributed by atoms with Gasteiger partial charge < -0.3 is 10.2 Å². The highest BCUT2D eigenvalue weighted by Crippen LogP contribution is 2.22. The fourth-order valence-corrected chi connectivity index (χ4v) is 2.29. The smallest absolute Gasteiger partial charge is 0.263 e. The van der Waals surface area contributed by atoms with E-state index in [1.54, 1.807) is 24.3 Å². The van der Waals surface area contributed by atoms with Gasteiger partial charge in [-0.1, -0.05) is 9.89 Å². The minimum atomic E-state index is -3.72. The molecule has 0 spiro atoms. The number of anilines is 1. The quantitative estimate of drug-likeness (QED) is 0.639. The molecule has 0 aliphatic heterocycles. The van der Waals surface area contributed by atoms with Crippen molar-refractivity contribution in [3.63, 3.8) is 0 Å². The van der Waals surface area contributed by atoms with Crippen molar-refractivity contribution >= 4 is 22.2 Å². The van der Waals surface area contributed by atoms with Gasteiger partial charge in [0, 0.05) is 5.56 Å². The average Bonchev–Trinajstić information content (AvgIpc) is 3.13. The largest absolute Gasteiger partial charge is 0.455 e. The minimum absolute atomic E-state index is 0.0312. The average molecular weight is 333 g/mol. The van der Waals surface area contributed by atoms with E-state index >= 15 is 0 Å². The van der Waals surface area contributed by atoms with Crippen molar-refractivity contribution in [3.8, 4) is 11.3 Å². The molecule has 0 unspecified atom stereocenters. The molecule has 3 rings (SSSR count). The Morgan fingerprint density at radius 1 is 1.17 bits per heavy atom. The van der Waals surface area contributed by atoms with Crippen LogP contribution in [0.3, 0.4) is 0 Å². The molecule has 0 saturated heterocycles. The van der Waals surface area contributed by atoms with Crippen LogP contribution in [0.1, 0.15) is 5.76 Å². The Kier molecular flexibility index (Phi) is 3.64. The number of hydrogen-bond acceptors (Lipinski definition) is 8. The lowest BCUT2D eigenvalue weighted by Gasteiger charge is -2.00. The molecule has 0 atom stereocenters. The van der Waals surface area contributed by atoms with E-state index < -0.39 is 10.0 Å². The molecule has 3 aromatic rings. The van der Waals surface area contributed by atoms with Crippen molar-refractivity contribution < 1.29 is 12.8 Å². The van der Waals surface area contributed by atoms with E-state index in [4.69, 9.17) is 15.3 Å². The molecule has 0 aliphatic rings. The number of nitrogen functional groups attached to an aromatic ring is 1. The summed E-state index contributed by atoms with van der Waals surface area (Å²) in [7, 11) is -3.72. The molecule has 118 valence electrons. The first-order chi connectivity index (χ1) is 10.9. The molecular formula is C12H11N7O3S. The lowest BCUT2D eigenvalue weighted by Crippen LogP contribution is -2.11. The van der Waals surface area contributed by atoms with E-state index in [-0.39, 0.29) is 10.8 Å². The normalized spacial score (nSPS) is 12.0. The van der Waals surface area contributed by atoms with E-state index in [9.17, 15) is 8.42 Å². The molecule has 0 saturated carbocycles. The molecule has 0 aliphatic carbocycles. The zero-order chi connectivity index (χ0) is 16.4. The maximum absolute atomic E-state index is 11.2. The Labute approximate surface area is 130 Å². The second-order valence-electron chi connectivity index (χ2n) is 4.44. The number of nitrogens with zero attached hydrogens (tertiary/aromatic N) is 5. The minimum Gasteiger partial charge on any atom is -0.455 e. The SMILES string of the molecule is Nc1nnnn1/N=C/c1ccc(-c2ccc(S(N)(=O)=O)cc2)o1. The van der Waals surface area contributed by atoms with Gasteiger partial charge in [-0.3, -0.25) is 0 Å². The van der Waals surface area contributed by atoms with Gasteiger partial charge in [-0.25, -0.2) is 13.6 Å². The molecule has 11 heteroatoms. The molecule has 0 fully saturated rings. The Balaban J connectivity index is 1.82. The lowest BCUT2D eigenvalue weighted by atomic mass is 10.2. The molecule has 2 aromatic heterocycles. The summed E-state index contributed by atoms with van der Waals surface area (Å²) in [5.74, 6) is 1.04. The van der Waals surface area contributed by atoms with Crippen molar-refractivity contribution in [3.05, 3.63) is 42.2 Å². The van der Waals surface area contributed by atoms with Crippen LogP contribution in [0.4, 0.5) is 5.95 Å². The van der Waals surface area contributed by atoms with Crippen LogP contribution in [-0.2, 0) is 10.0 Å². The first kappa shape index (κ1) is 14.9. The van der Waals surface area contributed by atoms with Crippen LogP contribution in [0.2, 0.25) is 0 Å². The standard InChI is InChI=1S/C12H11N7O3S/c13-12-16-17-18-19(12)15-7-9-3-6-11(22-9)8-1-4-10(5-2-8)23(14,20)21/h1-7H,(H2,13,16,18)(H2,14,20,21)/b15-7+. The Bertz CT molecular complexity index is 957. The molecule has 23 heavy (non-hydrogen) atoms. The predicted molar refractivity (Wildman–Crippen MR) is 80.7 cm³/mol. The summed E-state index contributed by atoms with van der Waals surface area (Å²) in [6, 6.07) is 9.41. The van der Waals surface area contributed by atoms with Crippen LogP contribution in [0, 0.1) is 0 Å². The highest BCUT2D eigenvalue weighted by Gasteiger charge is 2.09. The third-order valence-electron chi connectivity index (χ3n) is 2.87. The molecular weight excluding hydrogens is 322 g/mol. The zero-order valence-corrected chi connectivity index (χ0v) is 12.4. The van der Waals surface area contributed by atoms with Gasteiger partial charge >= 0.3 is 0 Å². The maximum Gasteiger partial charge on any atom is 0.263 e. The van der Waals surface area contributed by atoms with Crippen LogP contribution in [0.5, 0.6) is 0 Å². The van der Waals surface area contributed by atoms with Crippen LogP contribution in [0.25, 0.3) is 11.3 Å². The monoisotopic (exact) mass is 333 g/mol. The van der Waals surface area contributed by atoms with Gasteiger partial charge in [0.15, 0.2) is 0 Å². The van der Waals surface area contributed by atoms with Gasteiger partial charge in [-0.05, 0) is 46.8 Å². The maximum atomic E-state index is 11.2. The lowest BCUT2D eigenvalue weighted by molar-refractivity contribution is 0.572. The summed E-state index contributed by atoms with van der Waals surface area (Å²) >= 11 is 0. The molecule has 2 heterocycles. The summed E-state index contributed by atoms with van der Waals surface area (Å²) in [6.07, 6.45) is 1.40. The summed E-state index contributed by atoms with van der Waals surface area (Å²) in [4.78, 5) is 1.08. The van der Waals surface area contributed by atoms with Gasteiger partial charge in [-0.15, -0.1) is 0 Å². The number of benzene rings is 1. The number of tetrazole rings is 1. The van der Waals surface area contributed by atoms with Gasteiger partial charge in [0.2, 0.25) is 10.0 Å². The fraction of sp³-hybridized carbons (Fsp3) is 0. The van der Waals surface area contributed by atoms with Gasteiger partial charge in [0.1, 0.15) is 11.5 Å². The highest BCUT2D eigenvalue weighted by molar-refractivity contribution is 7.89. The Hall–Kier alpha value is -3.05. The van der Waals surface area contributed by atoms with E-state index in [1.807, 2.05) is 0 Å². The first-order valence-corrected chi connectivity index (χ1v) is 7.79. The number of rotatable bonds is 4. The van der Waals surface area contributed by atoms with Crippen LogP contribution < -0.4 is 10.9 Å². The van der Waals surface area contributed by atoms with Crippen molar-refractivity contribution in [2.24, 2.45) is 10.2 Å². The van der Waals surface area contributed by atoms with Crippen LogP contribution in [-0.4, -0.2) is 34.9 Å². The second-order valence-corrected chi connectivity index (χ2v) is 6.00. The molecule has 4 N–H and O–H groups in total. The van der Waals surface area contributed by atoms with Crippen molar-refractivity contribution in [1.82, 2.24) is 20.3 Å². The number of sulfonamides is 1. The van der Waals surface area contributed by atoms with Crippen molar-refractivity contribution in [1.29, 1.82) is 0 Å². The summed E-state index contributed by atoms with van der Waals surface area (Å²) in [6.45, 7) is 0. The van der Waals surface area contributed by atoms with E-state index in [2.05, 4.69) is 20.6 Å². The van der Waals surface area contributed by atoms with Crippen LogP contribution >= 0.6 is 0 Å². The van der Waals surface area contributed by atoms with E-state index in [0.717, 1.165) is 4.79 Å². The molecule has 0 amide bonds. The second kappa shape index (κ2) is 5.62. The Morgan fingerprint density at radius 3 is 2.52 bits per heavy atom. The van der Waals surface area contributed by atoms with E-state index in [0.29, 0.717) is 17.1 Å². The number of nitrogens with two attached hydrogens (primary N) is 2. The van der Waals surface area contributed by atoms with Gasteiger partial charge in [0.25, 0.3) is 5.95 Å². The number of primary sulfonamides is 1. The van der Waals surface area contributed by atoms with Crippen molar-refractivity contribution in [2.75, 3.05) is 5.73 Å². The molecule has 0 bridgehead atoms. The number of hydrogen-bond donors (Lipinski definition) is 2. The highest BCUT2D eigenvalue weighted by atomic mass is 32.2. The third kappa shape index (κ3) is 3.25. The van der Waals surface area contributed by atoms with Crippen molar-refractivity contribution in [2.45, 2.75) is 4.90 Å². The van der Waals surface area contributed by atoms with Gasteiger partial charge in [-0.2, -0.15) is 5.10 Å². The predicted octanol–water partition coefficient (Wildman–Crippen LogP) is 0.0449.